The van der Waals surface area contributed by atoms with Crippen LogP contribution in [0.4, 0.5) is 0 Å². The molecule has 3 aliphatic rings. The Labute approximate surface area is 87.0 Å². The van der Waals surface area contributed by atoms with Crippen molar-refractivity contribution in [2.75, 3.05) is 6.54 Å². The van der Waals surface area contributed by atoms with Crippen LogP contribution < -0.4 is 0 Å². The molecule has 1 unspecified atom stereocenters. The molecule has 0 saturated heterocycles. The highest BCUT2D eigenvalue weighted by atomic mass is 14.8. The largest absolute Gasteiger partial charge is 0.294 e. The lowest BCUT2D eigenvalue weighted by molar-refractivity contribution is 0.00249. The monoisotopic (exact) mass is 191 g/mol. The number of rotatable bonds is 1. The van der Waals surface area contributed by atoms with Gasteiger partial charge < -0.3 is 0 Å². The molecule has 1 nitrogen and oxygen atoms in total. The smallest absolute Gasteiger partial charge is 0.0414 e. The Balaban J connectivity index is 1.58. The Kier molecular flexibility index (Phi) is 1.97. The number of hydrogen-bond acceptors (Lipinski definition) is 1. The molecule has 0 bridgehead atoms. The predicted molar refractivity (Wildman–Crippen MR) is 59.7 cm³/mol. The average molecular weight is 191 g/mol. The third kappa shape index (κ3) is 1.32. The number of nitrogens with zero attached hydrogens (tertiary/aromatic N) is 1. The third-order valence-corrected chi connectivity index (χ3v) is 4.74. The van der Waals surface area contributed by atoms with Crippen LogP contribution in [0, 0.1) is 17.3 Å². The highest BCUT2D eigenvalue weighted by molar-refractivity contribution is 5.88. The fraction of sp³-hybridized carbons (Fsp3) is 0.923. The fourth-order valence-corrected chi connectivity index (χ4v) is 3.48. The van der Waals surface area contributed by atoms with Crippen molar-refractivity contribution in [3.63, 3.8) is 0 Å². The van der Waals surface area contributed by atoms with Gasteiger partial charge in [-0.1, -0.05) is 13.3 Å². The molecule has 1 aliphatic heterocycles. The van der Waals surface area contributed by atoms with E-state index in [4.69, 9.17) is 4.99 Å². The van der Waals surface area contributed by atoms with Gasteiger partial charge in [0.05, 0.1) is 0 Å². The predicted octanol–water partition coefficient (Wildman–Crippen LogP) is 3.44. The molecule has 1 spiro atoms. The summed E-state index contributed by atoms with van der Waals surface area (Å²) in [7, 11) is 0. The minimum atomic E-state index is 0.830. The first-order valence-electron chi connectivity index (χ1n) is 6.31. The fourth-order valence-electron chi connectivity index (χ4n) is 3.48. The van der Waals surface area contributed by atoms with Gasteiger partial charge in [0.2, 0.25) is 0 Å². The molecule has 2 aliphatic carbocycles. The maximum atomic E-state index is 4.77. The molecule has 0 amide bonds. The first-order valence-corrected chi connectivity index (χ1v) is 6.31. The first-order chi connectivity index (χ1) is 6.77. The lowest BCUT2D eigenvalue weighted by Crippen LogP contribution is -2.46. The Morgan fingerprint density at radius 3 is 2.57 bits per heavy atom. The van der Waals surface area contributed by atoms with Crippen molar-refractivity contribution in [1.82, 2.24) is 0 Å². The summed E-state index contributed by atoms with van der Waals surface area (Å²) in [5.41, 5.74) is 2.41. The lowest BCUT2D eigenvalue weighted by Gasteiger charge is -2.55. The van der Waals surface area contributed by atoms with Crippen molar-refractivity contribution in [3.8, 4) is 0 Å². The second-order valence-corrected chi connectivity index (χ2v) is 5.93. The Morgan fingerprint density at radius 2 is 2.07 bits per heavy atom. The number of hydrogen-bond donors (Lipinski definition) is 0. The molecule has 2 fully saturated rings. The molecular formula is C13H21N. The zero-order valence-electron chi connectivity index (χ0n) is 9.26. The van der Waals surface area contributed by atoms with Gasteiger partial charge in [-0.25, -0.2) is 0 Å². The van der Waals surface area contributed by atoms with Crippen molar-refractivity contribution in [2.45, 2.75) is 51.9 Å². The molecule has 78 valence electrons. The molecule has 1 heteroatoms. The summed E-state index contributed by atoms with van der Waals surface area (Å²) in [5, 5.41) is 0. The maximum Gasteiger partial charge on any atom is 0.0414 e. The Bertz CT molecular complexity index is 254. The standard InChI is InChI=1S/C13H21N/c1-10-3-4-12(14-9-10)11-7-13(8-11)5-2-6-13/h10-11H,2-9H2,1H3. The molecule has 2 saturated carbocycles. The second-order valence-electron chi connectivity index (χ2n) is 5.93. The van der Waals surface area contributed by atoms with Crippen LogP contribution in [-0.4, -0.2) is 12.3 Å². The highest BCUT2D eigenvalue weighted by Gasteiger charge is 2.49. The van der Waals surface area contributed by atoms with Crippen LogP contribution in [0.2, 0.25) is 0 Å². The molecule has 0 N–H and O–H groups in total. The van der Waals surface area contributed by atoms with Crippen LogP contribution in [0.5, 0.6) is 0 Å². The van der Waals surface area contributed by atoms with Gasteiger partial charge in [0.1, 0.15) is 0 Å². The van der Waals surface area contributed by atoms with E-state index in [2.05, 4.69) is 6.92 Å². The van der Waals surface area contributed by atoms with E-state index < -0.39 is 0 Å². The molecule has 1 heterocycles. The zero-order chi connectivity index (χ0) is 9.60. The van der Waals surface area contributed by atoms with E-state index in [0.29, 0.717) is 0 Å². The average Bonchev–Trinajstić information content (AvgIpc) is 2.03. The van der Waals surface area contributed by atoms with Gasteiger partial charge in [-0.3, -0.25) is 4.99 Å². The maximum absolute atomic E-state index is 4.77. The van der Waals surface area contributed by atoms with E-state index in [1.54, 1.807) is 5.71 Å². The summed E-state index contributed by atoms with van der Waals surface area (Å²) in [5.74, 6) is 1.75. The normalized spacial score (nSPS) is 36.1. The van der Waals surface area contributed by atoms with Gasteiger partial charge in [0, 0.05) is 12.3 Å². The van der Waals surface area contributed by atoms with Crippen LogP contribution in [0.1, 0.15) is 51.9 Å². The van der Waals surface area contributed by atoms with Gasteiger partial charge in [0.25, 0.3) is 0 Å². The van der Waals surface area contributed by atoms with Crippen molar-refractivity contribution in [1.29, 1.82) is 0 Å². The highest BCUT2D eigenvalue weighted by Crippen LogP contribution is 2.59. The van der Waals surface area contributed by atoms with Crippen molar-refractivity contribution < 1.29 is 0 Å². The summed E-state index contributed by atoms with van der Waals surface area (Å²) in [6, 6.07) is 0. The van der Waals surface area contributed by atoms with Crippen molar-refractivity contribution in [3.05, 3.63) is 0 Å². The van der Waals surface area contributed by atoms with Crippen LogP contribution in [0.3, 0.4) is 0 Å². The minimum absolute atomic E-state index is 0.830. The van der Waals surface area contributed by atoms with Crippen molar-refractivity contribution >= 4 is 5.71 Å². The Morgan fingerprint density at radius 1 is 1.29 bits per heavy atom. The summed E-state index contributed by atoms with van der Waals surface area (Å²) in [6.07, 6.45) is 10.2. The van der Waals surface area contributed by atoms with Gasteiger partial charge >= 0.3 is 0 Å². The first kappa shape index (κ1) is 8.94. The van der Waals surface area contributed by atoms with Gasteiger partial charge in [0.15, 0.2) is 0 Å². The zero-order valence-corrected chi connectivity index (χ0v) is 9.26. The molecule has 1 atom stereocenters. The molecule has 14 heavy (non-hydrogen) atoms. The quantitative estimate of drug-likeness (QED) is 0.602. The summed E-state index contributed by atoms with van der Waals surface area (Å²) < 4.78 is 0. The minimum Gasteiger partial charge on any atom is -0.294 e. The van der Waals surface area contributed by atoms with Gasteiger partial charge in [-0.15, -0.1) is 0 Å². The van der Waals surface area contributed by atoms with Crippen molar-refractivity contribution in [2.24, 2.45) is 22.2 Å². The van der Waals surface area contributed by atoms with Gasteiger partial charge in [-0.05, 0) is 55.8 Å². The van der Waals surface area contributed by atoms with Crippen LogP contribution in [0.15, 0.2) is 4.99 Å². The van der Waals surface area contributed by atoms with Crippen LogP contribution in [-0.2, 0) is 0 Å². The van der Waals surface area contributed by atoms with E-state index >= 15 is 0 Å². The van der Waals surface area contributed by atoms with Gasteiger partial charge in [-0.2, -0.15) is 0 Å². The molecule has 3 rings (SSSR count). The molecule has 0 aromatic carbocycles. The summed E-state index contributed by atoms with van der Waals surface area (Å²) >= 11 is 0. The van der Waals surface area contributed by atoms with E-state index in [-0.39, 0.29) is 0 Å². The van der Waals surface area contributed by atoms with E-state index in [9.17, 15) is 0 Å². The lowest BCUT2D eigenvalue weighted by atomic mass is 9.50. The van der Waals surface area contributed by atoms with Crippen LogP contribution in [0.25, 0.3) is 0 Å². The Hall–Kier alpha value is -0.330. The van der Waals surface area contributed by atoms with E-state index in [0.717, 1.165) is 23.8 Å². The van der Waals surface area contributed by atoms with E-state index in [1.807, 2.05) is 0 Å². The van der Waals surface area contributed by atoms with E-state index in [1.165, 1.54) is 44.9 Å². The van der Waals surface area contributed by atoms with Crippen LogP contribution >= 0.6 is 0 Å². The number of aliphatic imine (C=N–C) groups is 1. The topological polar surface area (TPSA) is 12.4 Å². The SMILES string of the molecule is CC1CCC(C2CC3(CCC3)C2)=NC1. The summed E-state index contributed by atoms with van der Waals surface area (Å²) in [6.45, 7) is 3.44. The second kappa shape index (κ2) is 3.08. The molecule has 0 aromatic heterocycles. The molecular weight excluding hydrogens is 170 g/mol. The molecule has 0 radical (unpaired) electrons. The summed E-state index contributed by atoms with van der Waals surface area (Å²) in [4.78, 5) is 4.77. The third-order valence-electron chi connectivity index (χ3n) is 4.74. The molecule has 0 aromatic rings.